The van der Waals surface area contributed by atoms with Gasteiger partial charge in [-0.05, 0) is 23.8 Å². The Bertz CT molecular complexity index is 639. The van der Waals surface area contributed by atoms with Crippen molar-refractivity contribution >= 4 is 11.6 Å². The van der Waals surface area contributed by atoms with Gasteiger partial charge < -0.3 is 0 Å². The molecule has 0 amide bonds. The van der Waals surface area contributed by atoms with Gasteiger partial charge in [0, 0.05) is 6.42 Å². The molecule has 6 nitrogen and oxygen atoms in total. The summed E-state index contributed by atoms with van der Waals surface area (Å²) >= 11 is 0. The molecule has 0 N–H and O–H groups in total. The van der Waals surface area contributed by atoms with Crippen LogP contribution < -0.4 is 0 Å². The maximum absolute atomic E-state index is 13.4. The maximum Gasteiger partial charge on any atom is 0.171 e. The second-order valence-electron chi connectivity index (χ2n) is 4.39. The lowest BCUT2D eigenvalue weighted by Gasteiger charge is -2.02. The number of hydrogen-bond donors (Lipinski definition) is 0. The summed E-state index contributed by atoms with van der Waals surface area (Å²) in [6.07, 6.45) is -0.364. The summed E-state index contributed by atoms with van der Waals surface area (Å²) in [6.45, 7) is 1.54. The van der Waals surface area contributed by atoms with Gasteiger partial charge in [0.2, 0.25) is 0 Å². The number of Topliss-reactive ketones (excluding diaryl/α,β-unsaturated/α-hetero) is 2. The monoisotopic (exact) mass is 276 g/mol. The van der Waals surface area contributed by atoms with Gasteiger partial charge in [0.05, 0.1) is 6.42 Å². The van der Waals surface area contributed by atoms with E-state index in [2.05, 4.69) is 15.4 Å². The number of ketones is 2. The van der Waals surface area contributed by atoms with E-state index in [1.165, 1.54) is 12.1 Å². The number of aryl methyl sites for hydroxylation is 1. The molecule has 0 spiro atoms. The van der Waals surface area contributed by atoms with Crippen molar-refractivity contribution in [1.29, 1.82) is 0 Å². The fraction of sp³-hybridized carbons (Fsp3) is 0.308. The van der Waals surface area contributed by atoms with Crippen LogP contribution in [-0.4, -0.2) is 31.8 Å². The van der Waals surface area contributed by atoms with Crippen LogP contribution in [0.5, 0.6) is 0 Å². The fourth-order valence-corrected chi connectivity index (χ4v) is 1.74. The molecule has 20 heavy (non-hydrogen) atoms. The van der Waals surface area contributed by atoms with Crippen LogP contribution in [0.15, 0.2) is 24.3 Å². The Hall–Kier alpha value is -2.44. The zero-order valence-electron chi connectivity index (χ0n) is 10.9. The number of hydrogen-bond acceptors (Lipinski definition) is 5. The molecule has 0 fully saturated rings. The number of halogens is 1. The predicted molar refractivity (Wildman–Crippen MR) is 67.3 cm³/mol. The molecule has 2 rings (SSSR count). The summed E-state index contributed by atoms with van der Waals surface area (Å²) in [5.41, 5.74) is 0.292. The molecule has 1 aromatic heterocycles. The third-order valence-electron chi connectivity index (χ3n) is 2.61. The van der Waals surface area contributed by atoms with Crippen LogP contribution in [0, 0.1) is 12.7 Å². The standard InChI is InChI=1S/C13H13FN4O2/c1-9-15-17-18(16-9)8-12(20)7-11(19)6-10-4-2-3-5-13(10)14/h2-5H,6-8H2,1H3. The van der Waals surface area contributed by atoms with E-state index in [0.717, 1.165) is 4.80 Å². The van der Waals surface area contributed by atoms with Crippen LogP contribution >= 0.6 is 0 Å². The molecule has 0 aliphatic heterocycles. The second kappa shape index (κ2) is 6.14. The Morgan fingerprint density at radius 2 is 2.00 bits per heavy atom. The summed E-state index contributed by atoms with van der Waals surface area (Å²) in [5, 5.41) is 11.1. The SMILES string of the molecule is Cc1nnn(CC(=O)CC(=O)Cc2ccccc2F)n1. The Balaban J connectivity index is 1.88. The Kier molecular flexibility index (Phi) is 4.29. The third kappa shape index (κ3) is 3.78. The van der Waals surface area contributed by atoms with Gasteiger partial charge in [0.25, 0.3) is 0 Å². The van der Waals surface area contributed by atoms with Gasteiger partial charge in [-0.25, -0.2) is 4.39 Å². The van der Waals surface area contributed by atoms with Crippen molar-refractivity contribution in [2.45, 2.75) is 26.3 Å². The van der Waals surface area contributed by atoms with Gasteiger partial charge in [0.1, 0.15) is 18.1 Å². The lowest BCUT2D eigenvalue weighted by Crippen LogP contribution is -2.18. The Morgan fingerprint density at radius 3 is 2.65 bits per heavy atom. The number of nitrogens with zero attached hydrogens (tertiary/aromatic N) is 4. The first-order chi connectivity index (χ1) is 9.54. The van der Waals surface area contributed by atoms with Crippen LogP contribution in [0.4, 0.5) is 4.39 Å². The predicted octanol–water partition coefficient (Wildman–Crippen LogP) is 0.892. The van der Waals surface area contributed by atoms with Crippen LogP contribution in [0.3, 0.4) is 0 Å². The number of rotatable bonds is 6. The fourth-order valence-electron chi connectivity index (χ4n) is 1.74. The number of aromatic nitrogens is 4. The molecule has 7 heteroatoms. The molecule has 0 saturated heterocycles. The largest absolute Gasteiger partial charge is 0.299 e. The molecule has 0 unspecified atom stereocenters. The number of carbonyl (C=O) groups excluding carboxylic acids is 2. The highest BCUT2D eigenvalue weighted by Gasteiger charge is 2.14. The third-order valence-corrected chi connectivity index (χ3v) is 2.61. The summed E-state index contributed by atoms with van der Waals surface area (Å²) < 4.78 is 13.4. The minimum absolute atomic E-state index is 0.0950. The molecule has 2 aromatic rings. The Morgan fingerprint density at radius 1 is 1.25 bits per heavy atom. The van der Waals surface area contributed by atoms with E-state index in [9.17, 15) is 14.0 Å². The van der Waals surface area contributed by atoms with E-state index < -0.39 is 5.82 Å². The molecule has 0 bridgehead atoms. The maximum atomic E-state index is 13.4. The highest BCUT2D eigenvalue weighted by molar-refractivity contribution is 5.99. The van der Waals surface area contributed by atoms with Crippen molar-refractivity contribution in [3.63, 3.8) is 0 Å². The minimum Gasteiger partial charge on any atom is -0.299 e. The zero-order chi connectivity index (χ0) is 14.5. The van der Waals surface area contributed by atoms with E-state index in [1.54, 1.807) is 19.1 Å². The molecule has 104 valence electrons. The summed E-state index contributed by atoms with van der Waals surface area (Å²) in [5.74, 6) is -0.655. The van der Waals surface area contributed by atoms with Crippen molar-refractivity contribution in [1.82, 2.24) is 20.2 Å². The summed E-state index contributed by atoms with van der Waals surface area (Å²) in [4.78, 5) is 24.5. The molecule has 0 aliphatic carbocycles. The quantitative estimate of drug-likeness (QED) is 0.732. The molecule has 1 heterocycles. The van der Waals surface area contributed by atoms with Gasteiger partial charge in [-0.3, -0.25) is 9.59 Å². The van der Waals surface area contributed by atoms with Crippen LogP contribution in [0.1, 0.15) is 17.8 Å². The highest BCUT2D eigenvalue weighted by Crippen LogP contribution is 2.08. The molecular weight excluding hydrogens is 263 g/mol. The topological polar surface area (TPSA) is 77.7 Å². The lowest BCUT2D eigenvalue weighted by molar-refractivity contribution is -0.127. The first-order valence-electron chi connectivity index (χ1n) is 6.06. The van der Waals surface area contributed by atoms with Gasteiger partial charge in [0.15, 0.2) is 11.6 Å². The van der Waals surface area contributed by atoms with Crippen molar-refractivity contribution < 1.29 is 14.0 Å². The van der Waals surface area contributed by atoms with Crippen LogP contribution in [-0.2, 0) is 22.6 Å². The molecule has 1 aromatic carbocycles. The van der Waals surface area contributed by atoms with Gasteiger partial charge >= 0.3 is 0 Å². The molecule has 0 atom stereocenters. The smallest absolute Gasteiger partial charge is 0.171 e. The van der Waals surface area contributed by atoms with Crippen molar-refractivity contribution in [2.24, 2.45) is 0 Å². The Labute approximate surface area is 114 Å². The van der Waals surface area contributed by atoms with Crippen molar-refractivity contribution in [2.75, 3.05) is 0 Å². The van der Waals surface area contributed by atoms with E-state index in [-0.39, 0.29) is 31.0 Å². The van der Waals surface area contributed by atoms with Crippen molar-refractivity contribution in [3.8, 4) is 0 Å². The number of tetrazole rings is 1. The first-order valence-corrected chi connectivity index (χ1v) is 6.06. The first kappa shape index (κ1) is 14.0. The molecule has 0 saturated carbocycles. The summed E-state index contributed by atoms with van der Waals surface area (Å²) in [7, 11) is 0. The molecule has 0 aliphatic rings. The van der Waals surface area contributed by atoms with Crippen LogP contribution in [0.2, 0.25) is 0 Å². The molecule has 0 radical (unpaired) electrons. The van der Waals surface area contributed by atoms with E-state index in [1.807, 2.05) is 0 Å². The number of carbonyl (C=O) groups is 2. The van der Waals surface area contributed by atoms with Gasteiger partial charge in [-0.1, -0.05) is 18.2 Å². The van der Waals surface area contributed by atoms with Gasteiger partial charge in [-0.15, -0.1) is 10.2 Å². The average molecular weight is 276 g/mol. The zero-order valence-corrected chi connectivity index (χ0v) is 10.9. The van der Waals surface area contributed by atoms with E-state index >= 15 is 0 Å². The second-order valence-corrected chi connectivity index (χ2v) is 4.39. The highest BCUT2D eigenvalue weighted by atomic mass is 19.1. The van der Waals surface area contributed by atoms with Crippen LogP contribution in [0.25, 0.3) is 0 Å². The summed E-state index contributed by atoms with van der Waals surface area (Å²) in [6, 6.07) is 6.01. The van der Waals surface area contributed by atoms with E-state index in [4.69, 9.17) is 0 Å². The average Bonchev–Trinajstić information content (AvgIpc) is 2.77. The van der Waals surface area contributed by atoms with Crippen molar-refractivity contribution in [3.05, 3.63) is 41.5 Å². The van der Waals surface area contributed by atoms with E-state index in [0.29, 0.717) is 11.4 Å². The lowest BCUT2D eigenvalue weighted by atomic mass is 10.0. The minimum atomic E-state index is -0.443. The number of benzene rings is 1. The van der Waals surface area contributed by atoms with Gasteiger partial charge in [-0.2, -0.15) is 4.80 Å². The molecular formula is C13H13FN4O2. The normalized spacial score (nSPS) is 10.5.